The number of hydrogen-bond acceptors (Lipinski definition) is 0. The van der Waals surface area contributed by atoms with E-state index in [-0.39, 0.29) is 12.3 Å². The van der Waals surface area contributed by atoms with Crippen LogP contribution in [0.2, 0.25) is 54.6 Å². The molecule has 0 saturated heterocycles. The van der Waals surface area contributed by atoms with Gasteiger partial charge in [-0.25, -0.2) is 0 Å². The van der Waals surface area contributed by atoms with Crippen LogP contribution in [0.1, 0.15) is 219 Å². The molecule has 0 heterocycles. The van der Waals surface area contributed by atoms with Gasteiger partial charge in [0.1, 0.15) is 0 Å². The van der Waals surface area contributed by atoms with Crippen molar-refractivity contribution in [2.45, 2.75) is 280 Å². The first-order valence-corrected chi connectivity index (χ1v) is 24.2. The van der Waals surface area contributed by atoms with E-state index in [9.17, 15) is 13.2 Å². The molecule has 0 aromatic rings. The predicted molar refractivity (Wildman–Crippen MR) is 243 cm³/mol. The highest BCUT2D eigenvalue weighted by molar-refractivity contribution is 6.75. The second kappa shape index (κ2) is 44.6. The molecular weight excluding hydrogens is 659 g/mol. The van der Waals surface area contributed by atoms with E-state index in [1.165, 1.54) is 219 Å². The summed E-state index contributed by atoms with van der Waals surface area (Å²) in [4.78, 5) is 1.78. The Kier molecular flexibility index (Phi) is 50.0. The van der Waals surface area contributed by atoms with E-state index in [2.05, 4.69) is 75.5 Å². The van der Waals surface area contributed by atoms with Crippen molar-refractivity contribution in [2.24, 2.45) is 0 Å². The van der Waals surface area contributed by atoms with E-state index >= 15 is 0 Å². The third-order valence-electron chi connectivity index (χ3n) is 8.91. The molecule has 0 saturated carbocycles. The van der Waals surface area contributed by atoms with Crippen molar-refractivity contribution >= 4 is 12.3 Å². The SMILES string of the molecule is CCCCCCCCCCCCCCCCCC[NH+](C)CCCCCCCCCCCCCCCCCC.C[B-](C)(C)C.C[B-](C)(C)C.[NH3+]C(F)(F)F. The summed E-state index contributed by atoms with van der Waals surface area (Å²) in [6.45, 7) is 25.4. The molecule has 0 bridgehead atoms. The first-order chi connectivity index (χ1) is 24.8. The van der Waals surface area contributed by atoms with Crippen molar-refractivity contribution in [1.29, 1.82) is 0 Å². The zero-order valence-electron chi connectivity index (χ0n) is 39.0. The van der Waals surface area contributed by atoms with Crippen LogP contribution in [0.4, 0.5) is 13.2 Å². The summed E-state index contributed by atoms with van der Waals surface area (Å²) in [7, 11) is 2.43. The molecule has 4 N–H and O–H groups in total. The fourth-order valence-corrected chi connectivity index (χ4v) is 6.07. The summed E-state index contributed by atoms with van der Waals surface area (Å²) in [5.41, 5.74) is 1.77. The smallest absolute Gasteiger partial charge is 0.337 e. The molecule has 2 nitrogen and oxygen atoms in total. The zero-order valence-corrected chi connectivity index (χ0v) is 39.0. The van der Waals surface area contributed by atoms with E-state index < -0.39 is 6.30 Å². The number of halogens is 3. The minimum atomic E-state index is -4.25. The maximum absolute atomic E-state index is 10.2. The topological polar surface area (TPSA) is 32.1 Å². The molecule has 0 aliphatic carbocycles. The molecule has 0 atom stereocenters. The summed E-state index contributed by atoms with van der Waals surface area (Å²) in [6.07, 6.45) is 42.8. The van der Waals surface area contributed by atoms with Gasteiger partial charge < -0.3 is 4.90 Å². The Hall–Kier alpha value is -0.160. The highest BCUT2D eigenvalue weighted by atomic mass is 19.4. The molecule has 0 unspecified atom stereocenters. The van der Waals surface area contributed by atoms with Crippen LogP contribution in [0, 0.1) is 0 Å². The van der Waals surface area contributed by atoms with Crippen LogP contribution in [-0.4, -0.2) is 38.7 Å². The van der Waals surface area contributed by atoms with Crippen molar-refractivity contribution in [2.75, 3.05) is 20.1 Å². The van der Waals surface area contributed by atoms with Crippen LogP contribution in [-0.2, 0) is 0 Å². The molecule has 0 aromatic carbocycles. The van der Waals surface area contributed by atoms with Gasteiger partial charge in [-0.2, -0.15) is 54.6 Å². The lowest BCUT2D eigenvalue weighted by Gasteiger charge is -2.13. The molecule has 0 radical (unpaired) electrons. The van der Waals surface area contributed by atoms with Gasteiger partial charge in [0.15, 0.2) is 0 Å². The highest BCUT2D eigenvalue weighted by Gasteiger charge is 2.24. The monoisotopic (exact) mass is 765 g/mol. The van der Waals surface area contributed by atoms with Crippen molar-refractivity contribution in [1.82, 2.24) is 0 Å². The third-order valence-corrected chi connectivity index (χ3v) is 8.91. The number of alkyl halides is 3. The first-order valence-electron chi connectivity index (χ1n) is 24.2. The summed E-state index contributed by atoms with van der Waals surface area (Å²) >= 11 is 0. The van der Waals surface area contributed by atoms with Gasteiger partial charge in [-0.15, -0.1) is 13.2 Å². The Morgan fingerprint density at radius 1 is 0.340 bits per heavy atom. The Balaban J connectivity index is -0.000000666. The first kappa shape index (κ1) is 59.5. The lowest BCUT2D eigenvalue weighted by Crippen LogP contribution is -3.09. The maximum atomic E-state index is 10.2. The molecule has 7 heteroatoms. The third kappa shape index (κ3) is 100. The summed E-state index contributed by atoms with van der Waals surface area (Å²) in [6, 6.07) is 0. The number of unbranched alkanes of at least 4 members (excludes halogenated alkanes) is 30. The Labute approximate surface area is 335 Å². The minimum Gasteiger partial charge on any atom is -0.337 e. The quantitative estimate of drug-likeness (QED) is 0.0372. The van der Waals surface area contributed by atoms with E-state index in [1.807, 2.05) is 0 Å². The van der Waals surface area contributed by atoms with Crippen LogP contribution in [0.3, 0.4) is 0 Å². The Bertz CT molecular complexity index is 566. The Morgan fingerprint density at radius 2 is 0.453 bits per heavy atom. The molecule has 53 heavy (non-hydrogen) atoms. The molecule has 0 aromatic heterocycles. The number of nitrogens with one attached hydrogen (secondary N) is 1. The van der Waals surface area contributed by atoms with Gasteiger partial charge >= 0.3 is 6.30 Å². The number of hydrogen-bond donors (Lipinski definition) is 2. The molecule has 0 aliphatic rings. The van der Waals surface area contributed by atoms with Gasteiger partial charge in [0.25, 0.3) is 0 Å². The van der Waals surface area contributed by atoms with E-state index in [4.69, 9.17) is 0 Å². The van der Waals surface area contributed by atoms with Crippen molar-refractivity contribution < 1.29 is 23.8 Å². The maximum Gasteiger partial charge on any atom is 0.556 e. The van der Waals surface area contributed by atoms with Crippen LogP contribution in [0.5, 0.6) is 0 Å². The van der Waals surface area contributed by atoms with Gasteiger partial charge in [0.2, 0.25) is 0 Å². The number of rotatable bonds is 34. The van der Waals surface area contributed by atoms with Crippen LogP contribution >= 0.6 is 0 Å². The van der Waals surface area contributed by atoms with E-state index in [1.54, 1.807) is 10.6 Å². The highest BCUT2D eigenvalue weighted by Crippen LogP contribution is 2.15. The normalized spacial score (nSPS) is 11.8. The summed E-state index contributed by atoms with van der Waals surface area (Å²) < 4.78 is 30.7. The van der Waals surface area contributed by atoms with Crippen LogP contribution in [0.15, 0.2) is 0 Å². The van der Waals surface area contributed by atoms with Crippen molar-refractivity contribution in [3.63, 3.8) is 0 Å². The Morgan fingerprint density at radius 3 is 0.585 bits per heavy atom. The second-order valence-electron chi connectivity index (χ2n) is 20.6. The van der Waals surface area contributed by atoms with Gasteiger partial charge in [-0.3, -0.25) is 5.73 Å². The largest absolute Gasteiger partial charge is 0.556 e. The molecule has 0 amide bonds. The van der Waals surface area contributed by atoms with Gasteiger partial charge in [-0.1, -0.05) is 194 Å². The van der Waals surface area contributed by atoms with E-state index in [0.717, 1.165) is 0 Å². The van der Waals surface area contributed by atoms with Crippen LogP contribution in [0.25, 0.3) is 0 Å². The van der Waals surface area contributed by atoms with Gasteiger partial charge in [0, 0.05) is 0 Å². The second-order valence-corrected chi connectivity index (χ2v) is 20.6. The average Bonchev–Trinajstić information content (AvgIpc) is 3.02. The minimum absolute atomic E-state index is 0. The molecule has 0 spiro atoms. The number of quaternary nitrogens is 2. The van der Waals surface area contributed by atoms with Crippen molar-refractivity contribution in [3.05, 3.63) is 0 Å². The zero-order chi connectivity index (χ0) is 41.1. The summed E-state index contributed by atoms with van der Waals surface area (Å²) in [5, 5.41) is 0. The standard InChI is InChI=1S/C37H77N.2C4H12B.CH2F3N/c1-4-6-8-10-12-14-16-18-20-22-24-26-28-30-32-34-36-38(3)37-35-33-31-29-27-25-23-21-19-17-15-13-11-9-7-5-2;2*1-5(2,3)4;2-1(3,4)5/h4-37H2,1-3H3;2*1-4H3;5H2/q;2*-1;/p+2. The van der Waals surface area contributed by atoms with Crippen LogP contribution < -0.4 is 10.6 Å². The van der Waals surface area contributed by atoms with Gasteiger partial charge in [-0.05, 0) is 38.0 Å². The van der Waals surface area contributed by atoms with Gasteiger partial charge in [0.05, 0.1) is 20.1 Å². The fourth-order valence-electron chi connectivity index (χ4n) is 6.07. The molecular formula is C46H105B2F3N2. The molecule has 0 rings (SSSR count). The molecule has 326 valence electrons. The lowest BCUT2D eigenvalue weighted by molar-refractivity contribution is -0.880. The van der Waals surface area contributed by atoms with E-state index in [0.29, 0.717) is 0 Å². The predicted octanol–water partition coefficient (Wildman–Crippen LogP) is 15.7. The lowest BCUT2D eigenvalue weighted by atomic mass is 9.32. The summed E-state index contributed by atoms with van der Waals surface area (Å²) in [5.74, 6) is 0. The molecule has 0 aliphatic heterocycles. The average molecular weight is 765 g/mol. The fraction of sp³-hybridized carbons (Fsp3) is 1.00. The van der Waals surface area contributed by atoms with Crippen molar-refractivity contribution in [3.8, 4) is 0 Å². The molecule has 0 fully saturated rings.